The van der Waals surface area contributed by atoms with Gasteiger partial charge < -0.3 is 9.47 Å². The predicted octanol–water partition coefficient (Wildman–Crippen LogP) is 2.15. The molecule has 0 aromatic heterocycles. The van der Waals surface area contributed by atoms with E-state index in [2.05, 4.69) is 11.8 Å². The molecule has 1 rings (SSSR count). The molecular formula is C13H20O3. The number of carbonyl (C=O) groups is 1. The fourth-order valence-electron chi connectivity index (χ4n) is 1.74. The van der Waals surface area contributed by atoms with E-state index in [9.17, 15) is 4.79 Å². The summed E-state index contributed by atoms with van der Waals surface area (Å²) in [6.07, 6.45) is 3.19. The lowest BCUT2D eigenvalue weighted by Gasteiger charge is -2.15. The third-order valence-electron chi connectivity index (χ3n) is 2.57. The lowest BCUT2D eigenvalue weighted by molar-refractivity contribution is -0.122. The summed E-state index contributed by atoms with van der Waals surface area (Å²) >= 11 is 0. The first kappa shape index (κ1) is 13.2. The summed E-state index contributed by atoms with van der Waals surface area (Å²) in [6.45, 7) is 4.94. The molecule has 1 aliphatic rings. The zero-order valence-electron chi connectivity index (χ0n) is 10.1. The SMILES string of the molecule is CCOC(C#CC1CCCCC1=O)OCC. The van der Waals surface area contributed by atoms with Crippen molar-refractivity contribution in [3.63, 3.8) is 0 Å². The number of ether oxygens (including phenoxy) is 2. The van der Waals surface area contributed by atoms with Gasteiger partial charge in [0.1, 0.15) is 5.78 Å². The third-order valence-corrected chi connectivity index (χ3v) is 2.57. The first-order valence-corrected chi connectivity index (χ1v) is 6.04. The molecule has 1 unspecified atom stereocenters. The van der Waals surface area contributed by atoms with Gasteiger partial charge in [-0.1, -0.05) is 12.3 Å². The summed E-state index contributed by atoms with van der Waals surface area (Å²) < 4.78 is 10.6. The number of carbonyl (C=O) groups excluding carboxylic acids is 1. The van der Waals surface area contributed by atoms with Crippen molar-refractivity contribution in [2.45, 2.75) is 45.8 Å². The highest BCUT2D eigenvalue weighted by molar-refractivity contribution is 5.84. The summed E-state index contributed by atoms with van der Waals surface area (Å²) in [4.78, 5) is 11.5. The molecule has 0 bridgehead atoms. The van der Waals surface area contributed by atoms with Crippen LogP contribution < -0.4 is 0 Å². The number of rotatable bonds is 4. The topological polar surface area (TPSA) is 35.5 Å². The van der Waals surface area contributed by atoms with Gasteiger partial charge in [-0.25, -0.2) is 0 Å². The fourth-order valence-corrected chi connectivity index (χ4v) is 1.74. The van der Waals surface area contributed by atoms with Gasteiger partial charge in [0.2, 0.25) is 6.29 Å². The van der Waals surface area contributed by atoms with Crippen LogP contribution in [-0.2, 0) is 14.3 Å². The van der Waals surface area contributed by atoms with Crippen LogP contribution in [0.15, 0.2) is 0 Å². The summed E-state index contributed by atoms with van der Waals surface area (Å²) in [5.41, 5.74) is 0. The smallest absolute Gasteiger partial charge is 0.222 e. The van der Waals surface area contributed by atoms with E-state index in [0.717, 1.165) is 19.3 Å². The summed E-state index contributed by atoms with van der Waals surface area (Å²) in [5.74, 6) is 6.07. The first-order chi connectivity index (χ1) is 7.77. The van der Waals surface area contributed by atoms with Crippen molar-refractivity contribution in [3.05, 3.63) is 0 Å². The van der Waals surface area contributed by atoms with Crippen LogP contribution in [0.2, 0.25) is 0 Å². The molecule has 0 radical (unpaired) electrons. The Balaban J connectivity index is 2.51. The van der Waals surface area contributed by atoms with E-state index >= 15 is 0 Å². The highest BCUT2D eigenvalue weighted by Crippen LogP contribution is 2.19. The normalized spacial score (nSPS) is 20.7. The molecule has 0 heterocycles. The highest BCUT2D eigenvalue weighted by atomic mass is 16.7. The van der Waals surface area contributed by atoms with Crippen molar-refractivity contribution in [1.82, 2.24) is 0 Å². The van der Waals surface area contributed by atoms with Gasteiger partial charge in [0.15, 0.2) is 0 Å². The van der Waals surface area contributed by atoms with Gasteiger partial charge in [0, 0.05) is 19.6 Å². The van der Waals surface area contributed by atoms with Crippen molar-refractivity contribution in [1.29, 1.82) is 0 Å². The molecule has 0 saturated heterocycles. The number of ketones is 1. The lowest BCUT2D eigenvalue weighted by Crippen LogP contribution is -2.19. The van der Waals surface area contributed by atoms with E-state index < -0.39 is 6.29 Å². The Bertz CT molecular complexity index is 269. The zero-order valence-corrected chi connectivity index (χ0v) is 10.1. The molecule has 0 aliphatic heterocycles. The average Bonchev–Trinajstić information content (AvgIpc) is 2.28. The van der Waals surface area contributed by atoms with Gasteiger partial charge >= 0.3 is 0 Å². The number of hydrogen-bond acceptors (Lipinski definition) is 3. The molecule has 3 heteroatoms. The second-order valence-corrected chi connectivity index (χ2v) is 3.80. The molecule has 90 valence electrons. The zero-order chi connectivity index (χ0) is 11.8. The summed E-state index contributed by atoms with van der Waals surface area (Å²) in [5, 5.41) is 0. The van der Waals surface area contributed by atoms with E-state index in [4.69, 9.17) is 9.47 Å². The second kappa shape index (κ2) is 7.43. The Kier molecular flexibility index (Phi) is 6.14. The monoisotopic (exact) mass is 224 g/mol. The molecule has 0 aromatic rings. The molecular weight excluding hydrogens is 204 g/mol. The van der Waals surface area contributed by atoms with Gasteiger partial charge in [-0.2, -0.15) is 0 Å². The maximum Gasteiger partial charge on any atom is 0.222 e. The van der Waals surface area contributed by atoms with E-state index in [1.54, 1.807) is 0 Å². The minimum absolute atomic E-state index is 0.0998. The van der Waals surface area contributed by atoms with Gasteiger partial charge in [-0.3, -0.25) is 4.79 Å². The standard InChI is InChI=1S/C13H20O3/c1-3-15-13(16-4-2)10-9-11-7-5-6-8-12(11)14/h11,13H,3-8H2,1-2H3. The van der Waals surface area contributed by atoms with E-state index in [1.165, 1.54) is 0 Å². The molecule has 0 aromatic carbocycles. The Morgan fingerprint density at radius 2 is 2.00 bits per heavy atom. The molecule has 1 saturated carbocycles. The van der Waals surface area contributed by atoms with Crippen LogP contribution in [0.25, 0.3) is 0 Å². The van der Waals surface area contributed by atoms with Crippen molar-refractivity contribution in [3.8, 4) is 11.8 Å². The van der Waals surface area contributed by atoms with Crippen LogP contribution in [0.4, 0.5) is 0 Å². The average molecular weight is 224 g/mol. The summed E-state index contributed by atoms with van der Waals surface area (Å²) in [7, 11) is 0. The molecule has 1 atom stereocenters. The summed E-state index contributed by atoms with van der Waals surface area (Å²) in [6, 6.07) is 0. The van der Waals surface area contributed by atoms with Crippen LogP contribution in [0.5, 0.6) is 0 Å². The van der Waals surface area contributed by atoms with Crippen molar-refractivity contribution in [2.75, 3.05) is 13.2 Å². The Labute approximate surface area is 97.5 Å². The van der Waals surface area contributed by atoms with Crippen molar-refractivity contribution < 1.29 is 14.3 Å². The van der Waals surface area contributed by atoms with Gasteiger partial charge in [0.05, 0.1) is 5.92 Å². The van der Waals surface area contributed by atoms with Crippen LogP contribution in [0.3, 0.4) is 0 Å². The van der Waals surface area contributed by atoms with Crippen molar-refractivity contribution >= 4 is 5.78 Å². The predicted molar refractivity (Wildman–Crippen MR) is 61.8 cm³/mol. The van der Waals surface area contributed by atoms with Crippen molar-refractivity contribution in [2.24, 2.45) is 5.92 Å². The van der Waals surface area contributed by atoms with Gasteiger partial charge in [0.25, 0.3) is 0 Å². The first-order valence-electron chi connectivity index (χ1n) is 6.04. The Morgan fingerprint density at radius 1 is 1.31 bits per heavy atom. The minimum atomic E-state index is -0.482. The second-order valence-electron chi connectivity index (χ2n) is 3.80. The number of Topliss-reactive ketones (excluding diaryl/α,β-unsaturated/α-hetero) is 1. The van der Waals surface area contributed by atoms with Crippen LogP contribution in [0.1, 0.15) is 39.5 Å². The molecule has 1 aliphatic carbocycles. The van der Waals surface area contributed by atoms with E-state index in [-0.39, 0.29) is 11.7 Å². The molecule has 0 amide bonds. The van der Waals surface area contributed by atoms with E-state index in [1.807, 2.05) is 13.8 Å². The fraction of sp³-hybridized carbons (Fsp3) is 0.769. The minimum Gasteiger partial charge on any atom is -0.342 e. The van der Waals surface area contributed by atoms with Crippen LogP contribution in [0, 0.1) is 17.8 Å². The maximum absolute atomic E-state index is 11.5. The molecule has 0 spiro atoms. The Hall–Kier alpha value is -0.850. The van der Waals surface area contributed by atoms with Crippen LogP contribution >= 0.6 is 0 Å². The highest BCUT2D eigenvalue weighted by Gasteiger charge is 2.20. The molecule has 1 fully saturated rings. The van der Waals surface area contributed by atoms with Gasteiger partial charge in [-0.05, 0) is 32.6 Å². The van der Waals surface area contributed by atoms with E-state index in [0.29, 0.717) is 19.6 Å². The number of hydrogen-bond donors (Lipinski definition) is 0. The lowest BCUT2D eigenvalue weighted by atomic mass is 9.88. The third kappa shape index (κ3) is 4.34. The maximum atomic E-state index is 11.5. The molecule has 16 heavy (non-hydrogen) atoms. The Morgan fingerprint density at radius 3 is 2.56 bits per heavy atom. The molecule has 0 N–H and O–H groups in total. The molecule has 3 nitrogen and oxygen atoms in total. The quantitative estimate of drug-likeness (QED) is 0.542. The van der Waals surface area contributed by atoms with Gasteiger partial charge in [-0.15, -0.1) is 0 Å². The van der Waals surface area contributed by atoms with Crippen LogP contribution in [-0.4, -0.2) is 25.3 Å². The largest absolute Gasteiger partial charge is 0.342 e.